The van der Waals surface area contributed by atoms with Crippen LogP contribution >= 0.6 is 11.3 Å². The lowest BCUT2D eigenvalue weighted by molar-refractivity contribution is 0.391. The molecule has 0 fully saturated rings. The van der Waals surface area contributed by atoms with Gasteiger partial charge >= 0.3 is 0 Å². The summed E-state index contributed by atoms with van der Waals surface area (Å²) in [6.45, 7) is 7.58. The van der Waals surface area contributed by atoms with Crippen molar-refractivity contribution in [1.82, 2.24) is 10.3 Å². The number of hydrogen-bond acceptors (Lipinski definition) is 4. The number of anilines is 1. The molecule has 1 unspecified atom stereocenters. The van der Waals surface area contributed by atoms with E-state index in [2.05, 4.69) is 43.2 Å². The van der Waals surface area contributed by atoms with Gasteiger partial charge in [0.2, 0.25) is 0 Å². The summed E-state index contributed by atoms with van der Waals surface area (Å²) in [6.07, 6.45) is 2.96. The number of rotatable bonds is 6. The van der Waals surface area contributed by atoms with Gasteiger partial charge in [-0.2, -0.15) is 0 Å². The lowest BCUT2D eigenvalue weighted by Gasteiger charge is -2.25. The highest BCUT2D eigenvalue weighted by Crippen LogP contribution is 2.24. The molecule has 2 aromatic rings. The Balaban J connectivity index is 1.85. The maximum absolute atomic E-state index is 5.72. The highest BCUT2D eigenvalue weighted by atomic mass is 32.1. The molecule has 0 aliphatic rings. The number of benzene rings is 1. The zero-order chi connectivity index (χ0) is 14.6. The Hall–Kier alpha value is -1.39. The van der Waals surface area contributed by atoms with Crippen molar-refractivity contribution in [3.8, 4) is 0 Å². The van der Waals surface area contributed by atoms with E-state index in [4.69, 9.17) is 5.73 Å². The van der Waals surface area contributed by atoms with Gasteiger partial charge in [-0.25, -0.2) is 4.98 Å². The van der Waals surface area contributed by atoms with Crippen molar-refractivity contribution >= 4 is 17.0 Å². The van der Waals surface area contributed by atoms with Gasteiger partial charge in [0.05, 0.1) is 5.54 Å². The Morgan fingerprint density at radius 1 is 1.30 bits per heavy atom. The van der Waals surface area contributed by atoms with Crippen molar-refractivity contribution < 1.29 is 0 Å². The van der Waals surface area contributed by atoms with Crippen LogP contribution in [0, 0.1) is 0 Å². The number of nitrogens with two attached hydrogens (primary N) is 1. The number of nitrogens with zero attached hydrogens (tertiary/aromatic N) is 1. The molecule has 0 aliphatic heterocycles. The fraction of sp³-hybridized carbons (Fsp3) is 0.438. The summed E-state index contributed by atoms with van der Waals surface area (Å²) in [5.41, 5.74) is 7.82. The van der Waals surface area contributed by atoms with Crippen LogP contribution in [0.3, 0.4) is 0 Å². The van der Waals surface area contributed by atoms with E-state index in [0.29, 0.717) is 5.92 Å². The van der Waals surface area contributed by atoms with Gasteiger partial charge in [0.1, 0.15) is 5.01 Å². The minimum Gasteiger partial charge on any atom is -0.399 e. The molecule has 1 atom stereocenters. The molecule has 1 aromatic carbocycles. The number of nitrogens with one attached hydrogen (secondary N) is 1. The maximum atomic E-state index is 5.72. The second kappa shape index (κ2) is 6.37. The normalized spacial score (nSPS) is 13.3. The van der Waals surface area contributed by atoms with Gasteiger partial charge in [0.25, 0.3) is 0 Å². The number of aromatic nitrogens is 1. The van der Waals surface area contributed by atoms with Crippen molar-refractivity contribution in [1.29, 1.82) is 0 Å². The van der Waals surface area contributed by atoms with Crippen molar-refractivity contribution in [2.75, 3.05) is 12.3 Å². The van der Waals surface area contributed by atoms with Gasteiger partial charge < -0.3 is 11.1 Å². The molecular weight excluding hydrogens is 266 g/mol. The van der Waals surface area contributed by atoms with Gasteiger partial charge in [-0.15, -0.1) is 11.3 Å². The van der Waals surface area contributed by atoms with E-state index in [1.807, 2.05) is 23.7 Å². The fourth-order valence-corrected chi connectivity index (χ4v) is 2.94. The van der Waals surface area contributed by atoms with E-state index in [1.165, 1.54) is 5.56 Å². The number of thiazole rings is 1. The molecule has 3 N–H and O–H groups in total. The van der Waals surface area contributed by atoms with E-state index in [0.717, 1.165) is 23.7 Å². The average Bonchev–Trinajstić information content (AvgIpc) is 2.94. The Labute approximate surface area is 125 Å². The van der Waals surface area contributed by atoms with Crippen molar-refractivity contribution in [3.63, 3.8) is 0 Å². The quantitative estimate of drug-likeness (QED) is 0.796. The van der Waals surface area contributed by atoms with Crippen LogP contribution in [0.15, 0.2) is 35.8 Å². The van der Waals surface area contributed by atoms with Gasteiger partial charge in [-0.1, -0.05) is 19.1 Å². The van der Waals surface area contributed by atoms with E-state index in [1.54, 1.807) is 11.3 Å². The number of nitrogen functional groups attached to an aromatic ring is 1. The van der Waals surface area contributed by atoms with Crippen LogP contribution in [-0.2, 0) is 5.54 Å². The second-order valence-corrected chi connectivity index (χ2v) is 6.64. The molecule has 20 heavy (non-hydrogen) atoms. The first-order valence-electron chi connectivity index (χ1n) is 6.99. The maximum Gasteiger partial charge on any atom is 0.112 e. The van der Waals surface area contributed by atoms with E-state index >= 15 is 0 Å². The summed E-state index contributed by atoms with van der Waals surface area (Å²) < 4.78 is 0. The third-order valence-corrected chi connectivity index (χ3v) is 4.71. The highest BCUT2D eigenvalue weighted by Gasteiger charge is 2.22. The smallest absolute Gasteiger partial charge is 0.112 e. The Morgan fingerprint density at radius 2 is 2.00 bits per heavy atom. The summed E-state index contributed by atoms with van der Waals surface area (Å²) in [5, 5.41) is 6.76. The molecule has 1 aromatic heterocycles. The van der Waals surface area contributed by atoms with Crippen LogP contribution in [0.2, 0.25) is 0 Å². The molecule has 0 radical (unpaired) electrons. The molecule has 108 valence electrons. The molecule has 0 aliphatic carbocycles. The molecule has 4 heteroatoms. The second-order valence-electron chi connectivity index (χ2n) is 5.75. The first-order valence-corrected chi connectivity index (χ1v) is 7.87. The Morgan fingerprint density at radius 3 is 2.60 bits per heavy atom. The molecular formula is C16H23N3S. The zero-order valence-electron chi connectivity index (χ0n) is 12.4. The largest absolute Gasteiger partial charge is 0.399 e. The summed E-state index contributed by atoms with van der Waals surface area (Å²) in [4.78, 5) is 4.40. The predicted molar refractivity (Wildman–Crippen MR) is 87.0 cm³/mol. The third-order valence-electron chi connectivity index (χ3n) is 3.62. The fourth-order valence-electron chi connectivity index (χ4n) is 2.20. The molecule has 3 nitrogen and oxygen atoms in total. The van der Waals surface area contributed by atoms with E-state index in [9.17, 15) is 0 Å². The first-order chi connectivity index (χ1) is 9.49. The van der Waals surface area contributed by atoms with Crippen LogP contribution < -0.4 is 11.1 Å². The van der Waals surface area contributed by atoms with Crippen LogP contribution in [0.5, 0.6) is 0 Å². The topological polar surface area (TPSA) is 50.9 Å². The molecule has 0 spiro atoms. The Bertz CT molecular complexity index is 517. The number of hydrogen-bond donors (Lipinski definition) is 2. The monoisotopic (exact) mass is 289 g/mol. The van der Waals surface area contributed by atoms with Crippen molar-refractivity contribution in [2.24, 2.45) is 0 Å². The molecule has 0 bridgehead atoms. The minimum absolute atomic E-state index is 0.0605. The lowest BCUT2D eigenvalue weighted by atomic mass is 9.97. The third kappa shape index (κ3) is 3.81. The highest BCUT2D eigenvalue weighted by molar-refractivity contribution is 7.09. The zero-order valence-corrected chi connectivity index (χ0v) is 13.2. The summed E-state index contributed by atoms with van der Waals surface area (Å²) in [7, 11) is 0. The van der Waals surface area contributed by atoms with Gasteiger partial charge in [-0.05, 0) is 50.4 Å². The molecule has 0 amide bonds. The van der Waals surface area contributed by atoms with Crippen LogP contribution in [0.25, 0.3) is 0 Å². The standard InChI is InChI=1S/C16H23N3S/c1-12(13-4-6-14(17)7-5-13)8-9-19-16(2,3)15-18-10-11-20-15/h4-7,10-12,19H,8-9,17H2,1-3H3. The van der Waals surface area contributed by atoms with Crippen molar-refractivity contribution in [3.05, 3.63) is 46.4 Å². The van der Waals surface area contributed by atoms with Crippen LogP contribution in [0.1, 0.15) is 43.7 Å². The average molecular weight is 289 g/mol. The first kappa shape index (κ1) is 15.0. The van der Waals surface area contributed by atoms with E-state index < -0.39 is 0 Å². The molecule has 1 heterocycles. The van der Waals surface area contributed by atoms with Crippen LogP contribution in [0.4, 0.5) is 5.69 Å². The van der Waals surface area contributed by atoms with Crippen LogP contribution in [-0.4, -0.2) is 11.5 Å². The summed E-state index contributed by atoms with van der Waals surface area (Å²) in [6, 6.07) is 8.18. The lowest BCUT2D eigenvalue weighted by Crippen LogP contribution is -2.37. The summed E-state index contributed by atoms with van der Waals surface area (Å²) >= 11 is 1.70. The molecule has 2 rings (SSSR count). The minimum atomic E-state index is -0.0605. The van der Waals surface area contributed by atoms with Gasteiger partial charge in [0.15, 0.2) is 0 Å². The molecule has 0 saturated heterocycles. The predicted octanol–water partition coefficient (Wildman–Crippen LogP) is 3.74. The van der Waals surface area contributed by atoms with Crippen molar-refractivity contribution in [2.45, 2.75) is 38.6 Å². The molecule has 0 saturated carbocycles. The summed E-state index contributed by atoms with van der Waals surface area (Å²) in [5.74, 6) is 0.523. The SMILES string of the molecule is CC(CCNC(C)(C)c1nccs1)c1ccc(N)cc1. The van der Waals surface area contributed by atoms with E-state index in [-0.39, 0.29) is 5.54 Å². The van der Waals surface area contributed by atoms with Gasteiger partial charge in [-0.3, -0.25) is 0 Å². The van der Waals surface area contributed by atoms with Gasteiger partial charge in [0, 0.05) is 17.3 Å². The Kier molecular flexibility index (Phi) is 4.78.